The fourth-order valence-electron chi connectivity index (χ4n) is 2.56. The lowest BCUT2D eigenvalue weighted by atomic mass is 9.67. The number of carbonyl (C=O) groups is 1. The van der Waals surface area contributed by atoms with Crippen LogP contribution in [0.25, 0.3) is 0 Å². The van der Waals surface area contributed by atoms with Crippen LogP contribution in [0.5, 0.6) is 0 Å². The molecule has 2 rings (SSSR count). The average molecular weight is 197 g/mol. The fourth-order valence-corrected chi connectivity index (χ4v) is 2.56. The topological polar surface area (TPSA) is 38.3 Å². The maximum absolute atomic E-state index is 11.5. The summed E-state index contributed by atoms with van der Waals surface area (Å²) in [5.41, 5.74) is 0.545. The third-order valence-corrected chi connectivity index (χ3v) is 3.67. The summed E-state index contributed by atoms with van der Waals surface area (Å²) in [5.74, 6) is 0.204. The SMILES string of the molecule is CCOC(=O)C1CCC2(CC1)CNC2. The minimum Gasteiger partial charge on any atom is -0.466 e. The molecule has 2 fully saturated rings. The van der Waals surface area contributed by atoms with Gasteiger partial charge in [-0.25, -0.2) is 0 Å². The van der Waals surface area contributed by atoms with Gasteiger partial charge in [0.1, 0.15) is 0 Å². The molecule has 0 radical (unpaired) electrons. The molecule has 1 spiro atoms. The maximum atomic E-state index is 11.5. The summed E-state index contributed by atoms with van der Waals surface area (Å²) >= 11 is 0. The number of carbonyl (C=O) groups excluding carboxylic acids is 1. The third kappa shape index (κ3) is 1.78. The quantitative estimate of drug-likeness (QED) is 0.679. The maximum Gasteiger partial charge on any atom is 0.308 e. The van der Waals surface area contributed by atoms with E-state index in [-0.39, 0.29) is 11.9 Å². The molecule has 0 atom stereocenters. The Hall–Kier alpha value is -0.570. The molecular weight excluding hydrogens is 178 g/mol. The third-order valence-electron chi connectivity index (χ3n) is 3.67. The highest BCUT2D eigenvalue weighted by Gasteiger charge is 2.41. The van der Waals surface area contributed by atoms with E-state index in [1.165, 1.54) is 12.8 Å². The molecule has 0 aromatic carbocycles. The molecule has 0 aromatic rings. The smallest absolute Gasteiger partial charge is 0.308 e. The standard InChI is InChI=1S/C11H19NO2/c1-2-14-10(13)9-3-5-11(6-4-9)7-12-8-11/h9,12H,2-8H2,1H3. The van der Waals surface area contributed by atoms with Gasteiger partial charge < -0.3 is 10.1 Å². The van der Waals surface area contributed by atoms with Gasteiger partial charge in [-0.05, 0) is 38.0 Å². The van der Waals surface area contributed by atoms with Crippen molar-refractivity contribution in [3.8, 4) is 0 Å². The summed E-state index contributed by atoms with van der Waals surface area (Å²) < 4.78 is 5.05. The molecule has 1 heterocycles. The number of ether oxygens (including phenoxy) is 1. The molecule has 0 bridgehead atoms. The van der Waals surface area contributed by atoms with Crippen molar-refractivity contribution in [1.29, 1.82) is 0 Å². The Morgan fingerprint density at radius 1 is 1.43 bits per heavy atom. The van der Waals surface area contributed by atoms with Crippen LogP contribution in [0.15, 0.2) is 0 Å². The summed E-state index contributed by atoms with van der Waals surface area (Å²) in [6.45, 7) is 4.70. The second-order valence-electron chi connectivity index (χ2n) is 4.63. The molecule has 0 aromatic heterocycles. The number of nitrogens with one attached hydrogen (secondary N) is 1. The van der Waals surface area contributed by atoms with Crippen molar-refractivity contribution in [2.24, 2.45) is 11.3 Å². The van der Waals surface area contributed by atoms with Crippen LogP contribution in [0.2, 0.25) is 0 Å². The van der Waals surface area contributed by atoms with Gasteiger partial charge >= 0.3 is 5.97 Å². The van der Waals surface area contributed by atoms with E-state index < -0.39 is 0 Å². The highest BCUT2D eigenvalue weighted by atomic mass is 16.5. The van der Waals surface area contributed by atoms with Crippen molar-refractivity contribution in [1.82, 2.24) is 5.32 Å². The van der Waals surface area contributed by atoms with Gasteiger partial charge in [0.05, 0.1) is 12.5 Å². The van der Waals surface area contributed by atoms with Gasteiger partial charge in [-0.2, -0.15) is 0 Å². The van der Waals surface area contributed by atoms with E-state index in [2.05, 4.69) is 5.32 Å². The summed E-state index contributed by atoms with van der Waals surface area (Å²) in [6.07, 6.45) is 4.45. The van der Waals surface area contributed by atoms with Crippen LogP contribution in [0, 0.1) is 11.3 Å². The minimum atomic E-state index is 0.0228. The predicted molar refractivity (Wildman–Crippen MR) is 53.9 cm³/mol. The van der Waals surface area contributed by atoms with E-state index in [4.69, 9.17) is 4.74 Å². The van der Waals surface area contributed by atoms with E-state index in [1.54, 1.807) is 0 Å². The van der Waals surface area contributed by atoms with Gasteiger partial charge in [0, 0.05) is 13.1 Å². The number of rotatable bonds is 2. The number of hydrogen-bond acceptors (Lipinski definition) is 3. The van der Waals surface area contributed by atoms with Crippen molar-refractivity contribution >= 4 is 5.97 Å². The van der Waals surface area contributed by atoms with Crippen LogP contribution in [0.3, 0.4) is 0 Å². The fraction of sp³-hybridized carbons (Fsp3) is 0.909. The molecule has 1 aliphatic heterocycles. The van der Waals surface area contributed by atoms with Crippen LogP contribution in [0.1, 0.15) is 32.6 Å². The summed E-state index contributed by atoms with van der Waals surface area (Å²) in [4.78, 5) is 11.5. The lowest BCUT2D eigenvalue weighted by Gasteiger charge is -2.47. The van der Waals surface area contributed by atoms with Crippen molar-refractivity contribution in [2.45, 2.75) is 32.6 Å². The van der Waals surface area contributed by atoms with Crippen LogP contribution >= 0.6 is 0 Å². The van der Waals surface area contributed by atoms with E-state index in [9.17, 15) is 4.79 Å². The van der Waals surface area contributed by atoms with Crippen LogP contribution in [-0.4, -0.2) is 25.7 Å². The second-order valence-corrected chi connectivity index (χ2v) is 4.63. The molecule has 0 unspecified atom stereocenters. The monoisotopic (exact) mass is 197 g/mol. The lowest BCUT2D eigenvalue weighted by molar-refractivity contribution is -0.150. The zero-order valence-corrected chi connectivity index (χ0v) is 8.84. The lowest BCUT2D eigenvalue weighted by Crippen LogP contribution is -2.55. The van der Waals surface area contributed by atoms with Crippen molar-refractivity contribution in [3.05, 3.63) is 0 Å². The molecule has 1 N–H and O–H groups in total. The summed E-state index contributed by atoms with van der Waals surface area (Å²) in [7, 11) is 0. The molecular formula is C11H19NO2. The summed E-state index contributed by atoms with van der Waals surface area (Å²) in [5, 5.41) is 3.32. The van der Waals surface area contributed by atoms with E-state index in [0.717, 1.165) is 25.9 Å². The van der Waals surface area contributed by atoms with Gasteiger partial charge in [-0.1, -0.05) is 0 Å². The Kier molecular flexibility index (Phi) is 2.77. The Morgan fingerprint density at radius 3 is 2.50 bits per heavy atom. The van der Waals surface area contributed by atoms with E-state index >= 15 is 0 Å². The van der Waals surface area contributed by atoms with Gasteiger partial charge in [-0.15, -0.1) is 0 Å². The van der Waals surface area contributed by atoms with Crippen molar-refractivity contribution in [2.75, 3.05) is 19.7 Å². The predicted octanol–water partition coefficient (Wildman–Crippen LogP) is 1.33. The van der Waals surface area contributed by atoms with Gasteiger partial charge in [0.2, 0.25) is 0 Å². The van der Waals surface area contributed by atoms with Crippen LogP contribution in [-0.2, 0) is 9.53 Å². The average Bonchev–Trinajstić information content (AvgIpc) is 2.16. The first kappa shape index (κ1) is 9.97. The molecule has 14 heavy (non-hydrogen) atoms. The summed E-state index contributed by atoms with van der Waals surface area (Å²) in [6, 6.07) is 0. The molecule has 0 amide bonds. The Bertz CT molecular complexity index is 213. The number of esters is 1. The zero-order chi connectivity index (χ0) is 10.0. The first-order valence-electron chi connectivity index (χ1n) is 5.63. The van der Waals surface area contributed by atoms with E-state index in [0.29, 0.717) is 12.0 Å². The molecule has 3 nitrogen and oxygen atoms in total. The van der Waals surface area contributed by atoms with Gasteiger partial charge in [-0.3, -0.25) is 4.79 Å². The highest BCUT2D eigenvalue weighted by Crippen LogP contribution is 2.41. The van der Waals surface area contributed by atoms with Crippen molar-refractivity contribution < 1.29 is 9.53 Å². The Morgan fingerprint density at radius 2 is 2.07 bits per heavy atom. The molecule has 1 saturated carbocycles. The molecule has 80 valence electrons. The Balaban J connectivity index is 1.80. The molecule has 1 aliphatic carbocycles. The van der Waals surface area contributed by atoms with Crippen LogP contribution in [0.4, 0.5) is 0 Å². The van der Waals surface area contributed by atoms with Gasteiger partial charge in [0.25, 0.3) is 0 Å². The molecule has 3 heteroatoms. The Labute approximate surface area is 85.2 Å². The number of hydrogen-bond donors (Lipinski definition) is 1. The highest BCUT2D eigenvalue weighted by molar-refractivity contribution is 5.72. The molecule has 2 aliphatic rings. The zero-order valence-electron chi connectivity index (χ0n) is 8.84. The molecule has 1 saturated heterocycles. The van der Waals surface area contributed by atoms with Gasteiger partial charge in [0.15, 0.2) is 0 Å². The van der Waals surface area contributed by atoms with Crippen molar-refractivity contribution in [3.63, 3.8) is 0 Å². The first-order chi connectivity index (χ1) is 6.76. The van der Waals surface area contributed by atoms with E-state index in [1.807, 2.05) is 6.92 Å². The second kappa shape index (κ2) is 3.89. The minimum absolute atomic E-state index is 0.0228. The normalized spacial score (nSPS) is 25.8. The van der Waals surface area contributed by atoms with Crippen LogP contribution < -0.4 is 5.32 Å². The first-order valence-corrected chi connectivity index (χ1v) is 5.63. The largest absolute Gasteiger partial charge is 0.466 e.